The minimum absolute atomic E-state index is 0.0812. The maximum absolute atomic E-state index is 12.7. The molecule has 1 aromatic carbocycles. The smallest absolute Gasteiger partial charge is 0.257 e. The van der Waals surface area contributed by atoms with Crippen LogP contribution in [-0.4, -0.2) is 40.4 Å². The zero-order chi connectivity index (χ0) is 17.5. The van der Waals surface area contributed by atoms with Gasteiger partial charge in [-0.25, -0.2) is 0 Å². The molecule has 0 aliphatic rings. The van der Waals surface area contributed by atoms with Crippen molar-refractivity contribution in [2.45, 2.75) is 13.3 Å². The number of nitrogens with zero attached hydrogens (tertiary/aromatic N) is 2. The summed E-state index contributed by atoms with van der Waals surface area (Å²) < 4.78 is 0. The molecule has 0 aliphatic heterocycles. The molecule has 1 amide bonds. The molecule has 1 N–H and O–H groups in total. The number of allylic oxidation sites excluding steroid dienone is 2. The van der Waals surface area contributed by atoms with E-state index in [0.717, 1.165) is 17.4 Å². The number of hydrogen-bond donors (Lipinski definition) is 1. The van der Waals surface area contributed by atoms with E-state index < -0.39 is 0 Å². The van der Waals surface area contributed by atoms with Crippen molar-refractivity contribution < 1.29 is 9.90 Å². The molecule has 5 heteroatoms. The molecular formula is C19H21ClN2O2. The van der Waals surface area contributed by atoms with Gasteiger partial charge in [0.05, 0.1) is 5.56 Å². The van der Waals surface area contributed by atoms with Gasteiger partial charge < -0.3 is 10.0 Å². The quantitative estimate of drug-likeness (QED) is 0.632. The number of fused-ring (bicyclic) bond motifs is 1. The molecule has 4 nitrogen and oxygen atoms in total. The van der Waals surface area contributed by atoms with Crippen LogP contribution in [-0.2, 0) is 0 Å². The summed E-state index contributed by atoms with van der Waals surface area (Å²) in [6.45, 7) is 2.48. The predicted molar refractivity (Wildman–Crippen MR) is 98.6 cm³/mol. The number of aromatic nitrogens is 1. The number of amides is 1. The Hall–Kier alpha value is -2.33. The van der Waals surface area contributed by atoms with Crippen molar-refractivity contribution in [1.82, 2.24) is 9.88 Å². The van der Waals surface area contributed by atoms with Crippen molar-refractivity contribution >= 4 is 28.4 Å². The summed E-state index contributed by atoms with van der Waals surface area (Å²) in [4.78, 5) is 18.4. The number of rotatable bonds is 6. The van der Waals surface area contributed by atoms with Crippen LogP contribution in [0.2, 0.25) is 0 Å². The monoisotopic (exact) mass is 344 g/mol. The first kappa shape index (κ1) is 18.0. The topological polar surface area (TPSA) is 53.4 Å². The molecular weight excluding hydrogens is 324 g/mol. The number of hydrogen-bond acceptors (Lipinski definition) is 3. The van der Waals surface area contributed by atoms with Crippen LogP contribution < -0.4 is 0 Å². The molecule has 0 spiro atoms. The van der Waals surface area contributed by atoms with E-state index in [-0.39, 0.29) is 17.2 Å². The number of benzene rings is 1. The molecule has 0 unspecified atom stereocenters. The van der Waals surface area contributed by atoms with Gasteiger partial charge in [-0.15, -0.1) is 11.6 Å². The SMILES string of the molecule is CC/C=C(\C=C/CCl)CN(C)C(=O)c1ccc2cccnc2c1O. The second kappa shape index (κ2) is 8.50. The van der Waals surface area contributed by atoms with Gasteiger partial charge in [0.1, 0.15) is 5.52 Å². The van der Waals surface area contributed by atoms with Crippen LogP contribution in [0.3, 0.4) is 0 Å². The zero-order valence-corrected chi connectivity index (χ0v) is 14.6. The molecule has 0 fully saturated rings. The van der Waals surface area contributed by atoms with E-state index in [1.807, 2.05) is 25.1 Å². The minimum Gasteiger partial charge on any atom is -0.505 e. The van der Waals surface area contributed by atoms with E-state index in [4.69, 9.17) is 11.6 Å². The number of carbonyl (C=O) groups excluding carboxylic acids is 1. The molecule has 24 heavy (non-hydrogen) atoms. The van der Waals surface area contributed by atoms with Crippen LogP contribution in [0, 0.1) is 0 Å². The number of halogens is 1. The Balaban J connectivity index is 2.26. The van der Waals surface area contributed by atoms with Crippen LogP contribution in [0.1, 0.15) is 23.7 Å². The van der Waals surface area contributed by atoms with Crippen molar-refractivity contribution in [3.05, 3.63) is 59.8 Å². The molecule has 0 atom stereocenters. The summed E-state index contributed by atoms with van der Waals surface area (Å²) in [5, 5.41) is 11.2. The normalized spacial score (nSPS) is 12.0. The van der Waals surface area contributed by atoms with E-state index >= 15 is 0 Å². The van der Waals surface area contributed by atoms with Gasteiger partial charge in [-0.2, -0.15) is 0 Å². The average Bonchev–Trinajstić information content (AvgIpc) is 2.59. The Bertz CT molecular complexity index is 784. The van der Waals surface area contributed by atoms with Gasteiger partial charge in [0.2, 0.25) is 0 Å². The van der Waals surface area contributed by atoms with Gasteiger partial charge in [0.15, 0.2) is 5.75 Å². The molecule has 0 saturated heterocycles. The van der Waals surface area contributed by atoms with Crippen LogP contribution in [0.15, 0.2) is 54.3 Å². The molecule has 0 bridgehead atoms. The minimum atomic E-state index is -0.249. The molecule has 0 saturated carbocycles. The first-order valence-corrected chi connectivity index (χ1v) is 8.35. The van der Waals surface area contributed by atoms with Gasteiger partial charge in [-0.05, 0) is 24.1 Å². The lowest BCUT2D eigenvalue weighted by Gasteiger charge is -2.19. The van der Waals surface area contributed by atoms with Gasteiger partial charge >= 0.3 is 0 Å². The third kappa shape index (κ3) is 4.15. The molecule has 0 aliphatic carbocycles. The number of phenolic OH excluding ortho intramolecular Hbond substituents is 1. The van der Waals surface area contributed by atoms with E-state index in [1.54, 1.807) is 36.3 Å². The Kier molecular flexibility index (Phi) is 6.38. The van der Waals surface area contributed by atoms with Crippen molar-refractivity contribution in [3.63, 3.8) is 0 Å². The lowest BCUT2D eigenvalue weighted by molar-refractivity contribution is 0.0805. The Labute approximate surface area is 147 Å². The third-order valence-electron chi connectivity index (χ3n) is 3.63. The number of aromatic hydroxyl groups is 1. The first-order valence-electron chi connectivity index (χ1n) is 7.82. The molecule has 126 valence electrons. The van der Waals surface area contributed by atoms with Crippen LogP contribution >= 0.6 is 11.6 Å². The van der Waals surface area contributed by atoms with Crippen LogP contribution in [0.4, 0.5) is 0 Å². The maximum Gasteiger partial charge on any atom is 0.257 e. The van der Waals surface area contributed by atoms with E-state index in [9.17, 15) is 9.90 Å². The number of pyridine rings is 1. The lowest BCUT2D eigenvalue weighted by Crippen LogP contribution is -2.28. The molecule has 2 rings (SSSR count). The number of phenols is 1. The lowest BCUT2D eigenvalue weighted by atomic mass is 10.1. The number of likely N-dealkylation sites (N-methyl/N-ethyl adjacent to an activating group) is 1. The molecule has 1 heterocycles. The molecule has 0 radical (unpaired) electrons. The predicted octanol–water partition coefficient (Wildman–Crippen LogP) is 4.14. The highest BCUT2D eigenvalue weighted by Crippen LogP contribution is 2.27. The largest absolute Gasteiger partial charge is 0.505 e. The van der Waals surface area contributed by atoms with Crippen molar-refractivity contribution in [2.75, 3.05) is 19.5 Å². The summed E-state index contributed by atoms with van der Waals surface area (Å²) in [5.41, 5.74) is 1.69. The van der Waals surface area contributed by atoms with Crippen molar-refractivity contribution in [3.8, 4) is 5.75 Å². The zero-order valence-electron chi connectivity index (χ0n) is 13.9. The van der Waals surface area contributed by atoms with E-state index in [0.29, 0.717) is 17.9 Å². The van der Waals surface area contributed by atoms with E-state index in [2.05, 4.69) is 11.1 Å². The van der Waals surface area contributed by atoms with Gasteiger partial charge in [-0.3, -0.25) is 9.78 Å². The number of carbonyl (C=O) groups is 1. The van der Waals surface area contributed by atoms with Crippen LogP contribution in [0.5, 0.6) is 5.75 Å². The Morgan fingerprint density at radius 3 is 2.88 bits per heavy atom. The highest BCUT2D eigenvalue weighted by molar-refractivity contribution is 6.18. The average molecular weight is 345 g/mol. The molecule has 1 aromatic heterocycles. The van der Waals surface area contributed by atoms with Crippen LogP contribution in [0.25, 0.3) is 10.9 Å². The summed E-state index contributed by atoms with van der Waals surface area (Å²) in [5.74, 6) is 0.0964. The van der Waals surface area contributed by atoms with Gasteiger partial charge in [0.25, 0.3) is 5.91 Å². The van der Waals surface area contributed by atoms with E-state index in [1.165, 1.54) is 0 Å². The van der Waals surface area contributed by atoms with Crippen molar-refractivity contribution in [1.29, 1.82) is 0 Å². The summed E-state index contributed by atoms with van der Waals surface area (Å²) >= 11 is 5.68. The first-order chi connectivity index (χ1) is 11.6. The van der Waals surface area contributed by atoms with Crippen molar-refractivity contribution in [2.24, 2.45) is 0 Å². The summed E-state index contributed by atoms with van der Waals surface area (Å²) in [6, 6.07) is 7.06. The number of alkyl halides is 1. The highest BCUT2D eigenvalue weighted by Gasteiger charge is 2.18. The van der Waals surface area contributed by atoms with Gasteiger partial charge in [-0.1, -0.05) is 37.3 Å². The molecule has 2 aromatic rings. The van der Waals surface area contributed by atoms with Gasteiger partial charge in [0, 0.05) is 31.1 Å². The summed E-state index contributed by atoms with van der Waals surface area (Å²) in [7, 11) is 1.71. The third-order valence-corrected chi connectivity index (χ3v) is 3.81. The highest BCUT2D eigenvalue weighted by atomic mass is 35.5. The maximum atomic E-state index is 12.7. The second-order valence-corrected chi connectivity index (χ2v) is 5.75. The fraction of sp³-hybridized carbons (Fsp3) is 0.263. The fourth-order valence-electron chi connectivity index (χ4n) is 2.50. The second-order valence-electron chi connectivity index (χ2n) is 5.44. The Morgan fingerprint density at radius 2 is 2.17 bits per heavy atom. The standard InChI is InChI=1S/C19H21ClN2O2/c1-3-6-14(7-4-11-20)13-22(2)19(24)16-10-9-15-8-5-12-21-17(15)18(16)23/h4-10,12,23H,3,11,13H2,1-2H3/b7-4-,14-6+. The Morgan fingerprint density at radius 1 is 1.38 bits per heavy atom. The fourth-order valence-corrected chi connectivity index (χ4v) is 2.59. The summed E-state index contributed by atoms with van der Waals surface area (Å²) in [6.07, 6.45) is 8.28.